The first-order valence-electron chi connectivity index (χ1n) is 6.02. The minimum absolute atomic E-state index is 0.0350. The second-order valence-corrected chi connectivity index (χ2v) is 5.13. The molecule has 5 nitrogen and oxygen atoms in total. The Labute approximate surface area is 102 Å². The third-order valence-corrected chi connectivity index (χ3v) is 3.09. The lowest BCUT2D eigenvalue weighted by Gasteiger charge is -2.34. The number of amides is 1. The quantitative estimate of drug-likeness (QED) is 0.760. The molecule has 1 saturated heterocycles. The van der Waals surface area contributed by atoms with Crippen molar-refractivity contribution >= 4 is 11.9 Å². The minimum Gasteiger partial charge on any atom is -0.481 e. The number of carboxylic acids is 1. The summed E-state index contributed by atoms with van der Waals surface area (Å²) in [6, 6.07) is 0. The summed E-state index contributed by atoms with van der Waals surface area (Å²) in [6.45, 7) is 5.12. The smallest absolute Gasteiger partial charge is 0.303 e. The molecule has 1 rings (SSSR count). The predicted molar refractivity (Wildman–Crippen MR) is 62.6 cm³/mol. The van der Waals surface area contributed by atoms with Gasteiger partial charge in [-0.3, -0.25) is 9.59 Å². The van der Waals surface area contributed by atoms with E-state index in [0.717, 1.165) is 12.8 Å². The summed E-state index contributed by atoms with van der Waals surface area (Å²) in [6.07, 6.45) is 1.92. The van der Waals surface area contributed by atoms with Crippen LogP contribution in [0.3, 0.4) is 0 Å². The summed E-state index contributed by atoms with van der Waals surface area (Å²) >= 11 is 0. The fourth-order valence-electron chi connectivity index (χ4n) is 2.02. The van der Waals surface area contributed by atoms with Crippen molar-refractivity contribution in [1.29, 1.82) is 0 Å². The lowest BCUT2D eigenvalue weighted by atomic mass is 9.91. The van der Waals surface area contributed by atoms with Crippen LogP contribution in [0.5, 0.6) is 0 Å². The first-order valence-corrected chi connectivity index (χ1v) is 6.02. The highest BCUT2D eigenvalue weighted by Gasteiger charge is 2.29. The van der Waals surface area contributed by atoms with E-state index >= 15 is 0 Å². The van der Waals surface area contributed by atoms with Crippen LogP contribution in [0.15, 0.2) is 0 Å². The van der Waals surface area contributed by atoms with Crippen molar-refractivity contribution < 1.29 is 19.4 Å². The molecule has 17 heavy (non-hydrogen) atoms. The fourth-order valence-corrected chi connectivity index (χ4v) is 2.02. The van der Waals surface area contributed by atoms with Crippen molar-refractivity contribution in [2.75, 3.05) is 13.2 Å². The highest BCUT2D eigenvalue weighted by atomic mass is 16.5. The average molecular weight is 243 g/mol. The van der Waals surface area contributed by atoms with Gasteiger partial charge in [0.15, 0.2) is 0 Å². The Kier molecular flexibility index (Phi) is 4.93. The largest absolute Gasteiger partial charge is 0.481 e. The molecule has 1 unspecified atom stereocenters. The average Bonchev–Trinajstić information content (AvgIpc) is 2.15. The molecule has 1 fully saturated rings. The Morgan fingerprint density at radius 3 is 2.47 bits per heavy atom. The Hall–Kier alpha value is -1.10. The van der Waals surface area contributed by atoms with Crippen LogP contribution in [0.25, 0.3) is 0 Å². The molecule has 0 aromatic heterocycles. The summed E-state index contributed by atoms with van der Waals surface area (Å²) < 4.78 is 5.25. The van der Waals surface area contributed by atoms with Crippen molar-refractivity contribution in [2.24, 2.45) is 5.92 Å². The molecule has 0 bridgehead atoms. The number of aliphatic carboxylic acids is 1. The molecule has 0 saturated carbocycles. The van der Waals surface area contributed by atoms with Crippen LogP contribution in [0.4, 0.5) is 0 Å². The van der Waals surface area contributed by atoms with E-state index in [-0.39, 0.29) is 30.2 Å². The lowest BCUT2D eigenvalue weighted by Crippen LogP contribution is -2.49. The van der Waals surface area contributed by atoms with Gasteiger partial charge in [0.25, 0.3) is 0 Å². The normalized spacial score (nSPS) is 20.6. The van der Waals surface area contributed by atoms with E-state index in [0.29, 0.717) is 13.2 Å². The van der Waals surface area contributed by atoms with E-state index in [1.165, 1.54) is 0 Å². The van der Waals surface area contributed by atoms with Gasteiger partial charge in [-0.25, -0.2) is 0 Å². The highest BCUT2D eigenvalue weighted by molar-refractivity contribution is 5.77. The molecule has 0 spiro atoms. The van der Waals surface area contributed by atoms with Gasteiger partial charge >= 0.3 is 5.97 Å². The minimum atomic E-state index is -0.859. The third kappa shape index (κ3) is 5.17. The van der Waals surface area contributed by atoms with E-state index in [1.54, 1.807) is 6.92 Å². The molecule has 0 aliphatic carbocycles. The van der Waals surface area contributed by atoms with Crippen molar-refractivity contribution in [2.45, 2.75) is 45.1 Å². The summed E-state index contributed by atoms with van der Waals surface area (Å²) in [5, 5.41) is 11.6. The summed E-state index contributed by atoms with van der Waals surface area (Å²) in [4.78, 5) is 22.3. The van der Waals surface area contributed by atoms with Gasteiger partial charge in [0, 0.05) is 31.6 Å². The number of carbonyl (C=O) groups excluding carboxylic acids is 1. The van der Waals surface area contributed by atoms with Gasteiger partial charge in [-0.2, -0.15) is 0 Å². The number of nitrogens with one attached hydrogen (secondary N) is 1. The molecular weight excluding hydrogens is 222 g/mol. The second-order valence-electron chi connectivity index (χ2n) is 5.13. The zero-order valence-electron chi connectivity index (χ0n) is 10.5. The number of carbonyl (C=O) groups is 2. The van der Waals surface area contributed by atoms with Gasteiger partial charge in [-0.05, 0) is 25.7 Å². The monoisotopic (exact) mass is 243 g/mol. The van der Waals surface area contributed by atoms with E-state index in [1.807, 2.05) is 6.92 Å². The van der Waals surface area contributed by atoms with Crippen LogP contribution in [0.2, 0.25) is 0 Å². The molecule has 1 heterocycles. The van der Waals surface area contributed by atoms with Crippen LogP contribution >= 0.6 is 0 Å². The first-order chi connectivity index (χ1) is 7.91. The second kappa shape index (κ2) is 6.00. The van der Waals surface area contributed by atoms with Gasteiger partial charge in [0.1, 0.15) is 0 Å². The Morgan fingerprint density at radius 1 is 1.35 bits per heavy atom. The molecular formula is C12H21NO4. The number of hydrogen-bond acceptors (Lipinski definition) is 3. The summed E-state index contributed by atoms with van der Waals surface area (Å²) in [5.74, 6) is -1.05. The van der Waals surface area contributed by atoms with Gasteiger partial charge in [-0.1, -0.05) is 6.92 Å². The molecule has 98 valence electrons. The lowest BCUT2D eigenvalue weighted by molar-refractivity contribution is -0.138. The van der Waals surface area contributed by atoms with Gasteiger partial charge in [0.05, 0.1) is 0 Å². The van der Waals surface area contributed by atoms with Crippen LogP contribution in [-0.4, -0.2) is 35.7 Å². The van der Waals surface area contributed by atoms with Crippen molar-refractivity contribution in [3.8, 4) is 0 Å². The fraction of sp³-hybridized carbons (Fsp3) is 0.833. The predicted octanol–water partition coefficient (Wildman–Crippen LogP) is 1.17. The first kappa shape index (κ1) is 14.0. The number of rotatable bonds is 5. The Bertz CT molecular complexity index is 284. The highest BCUT2D eigenvalue weighted by Crippen LogP contribution is 2.20. The summed E-state index contributed by atoms with van der Waals surface area (Å²) in [7, 11) is 0. The van der Waals surface area contributed by atoms with Gasteiger partial charge in [0.2, 0.25) is 5.91 Å². The molecule has 1 amide bonds. The molecule has 0 aromatic rings. The van der Waals surface area contributed by atoms with Crippen LogP contribution in [-0.2, 0) is 14.3 Å². The number of carboxylic acid groups (broad SMARTS) is 1. The molecule has 1 aliphatic heterocycles. The standard InChI is InChI=1S/C12H21NO4/c1-9(8-11(15)16)7-10(14)13-12(2)3-5-17-6-4-12/h9H,3-8H2,1-2H3,(H,13,14)(H,15,16). The maximum Gasteiger partial charge on any atom is 0.303 e. The van der Waals surface area contributed by atoms with Crippen LogP contribution in [0.1, 0.15) is 39.5 Å². The van der Waals surface area contributed by atoms with Crippen LogP contribution in [0, 0.1) is 5.92 Å². The van der Waals surface area contributed by atoms with Crippen molar-refractivity contribution in [1.82, 2.24) is 5.32 Å². The van der Waals surface area contributed by atoms with Gasteiger partial charge in [-0.15, -0.1) is 0 Å². The Balaban J connectivity index is 2.35. The molecule has 1 aliphatic rings. The molecule has 0 radical (unpaired) electrons. The van der Waals surface area contributed by atoms with Crippen molar-refractivity contribution in [3.63, 3.8) is 0 Å². The SMILES string of the molecule is CC(CC(=O)O)CC(=O)NC1(C)CCOCC1. The molecule has 1 atom stereocenters. The van der Waals surface area contributed by atoms with E-state index < -0.39 is 5.97 Å². The van der Waals surface area contributed by atoms with Crippen LogP contribution < -0.4 is 5.32 Å². The zero-order chi connectivity index (χ0) is 12.9. The summed E-state index contributed by atoms with van der Waals surface area (Å²) in [5.41, 5.74) is -0.196. The van der Waals surface area contributed by atoms with Gasteiger partial charge < -0.3 is 15.2 Å². The maximum absolute atomic E-state index is 11.8. The topological polar surface area (TPSA) is 75.6 Å². The van der Waals surface area contributed by atoms with Crippen molar-refractivity contribution in [3.05, 3.63) is 0 Å². The molecule has 0 aromatic carbocycles. The molecule has 5 heteroatoms. The third-order valence-electron chi connectivity index (χ3n) is 3.09. The molecule has 2 N–H and O–H groups in total. The van der Waals surface area contributed by atoms with E-state index in [9.17, 15) is 9.59 Å². The number of hydrogen-bond donors (Lipinski definition) is 2. The van der Waals surface area contributed by atoms with E-state index in [2.05, 4.69) is 5.32 Å². The van der Waals surface area contributed by atoms with E-state index in [4.69, 9.17) is 9.84 Å². The maximum atomic E-state index is 11.8. The number of ether oxygens (including phenoxy) is 1. The Morgan fingerprint density at radius 2 is 1.94 bits per heavy atom. The zero-order valence-corrected chi connectivity index (χ0v) is 10.5.